The van der Waals surface area contributed by atoms with E-state index in [-0.39, 0.29) is 76.8 Å². The van der Waals surface area contributed by atoms with Gasteiger partial charge in [0.1, 0.15) is 25.2 Å². The van der Waals surface area contributed by atoms with E-state index in [4.69, 9.17) is 9.47 Å². The summed E-state index contributed by atoms with van der Waals surface area (Å²) in [5.74, 6) is 0.402. The highest BCUT2D eigenvalue weighted by Crippen LogP contribution is 2.39. The van der Waals surface area contributed by atoms with Crippen molar-refractivity contribution < 1.29 is 82.0 Å². The Kier molecular flexibility index (Phi) is 17.3. The van der Waals surface area contributed by atoms with E-state index in [2.05, 4.69) is 15.6 Å². The van der Waals surface area contributed by atoms with Gasteiger partial charge in [-0.15, -0.1) is 0 Å². The van der Waals surface area contributed by atoms with E-state index in [1.165, 1.54) is 0 Å². The summed E-state index contributed by atoms with van der Waals surface area (Å²) in [5, 5.41) is 28.1. The maximum atomic E-state index is 13.5. The van der Waals surface area contributed by atoms with Crippen molar-refractivity contribution in [3.63, 3.8) is 0 Å². The summed E-state index contributed by atoms with van der Waals surface area (Å²) in [6.45, 7) is 0.175. The van der Waals surface area contributed by atoms with Crippen molar-refractivity contribution in [3.8, 4) is 0 Å². The Balaban J connectivity index is 1.11. The van der Waals surface area contributed by atoms with Crippen LogP contribution in [0.5, 0.6) is 0 Å². The van der Waals surface area contributed by atoms with E-state index in [0.29, 0.717) is 43.1 Å². The van der Waals surface area contributed by atoms with Crippen LogP contribution in [0.1, 0.15) is 46.2 Å². The molecule has 0 radical (unpaired) electrons. The van der Waals surface area contributed by atoms with Gasteiger partial charge < -0.3 is 30.5 Å². The van der Waals surface area contributed by atoms with Gasteiger partial charge in [-0.25, -0.2) is 20.0 Å². The van der Waals surface area contributed by atoms with E-state index in [1.807, 2.05) is 100 Å². The third kappa shape index (κ3) is 15.2. The SMILES string of the molecule is O=C(NCC[NH2+]C(NCCN=C([O-])Nc1cc(C(F)(F)F)cc(C(F)(F)F)c1)=[N+]1[C@H](COCc2ccc3ccccc3c2)CC[C@H]1COCc1ccc2ccccc2c1)Nc1cc(C(F)(F)F)cc(C(F)(F)F)c1. The minimum absolute atomic E-state index is 0.00664. The van der Waals surface area contributed by atoms with E-state index in [9.17, 15) is 62.6 Å². The molecule has 2 atom stereocenters. The van der Waals surface area contributed by atoms with E-state index < -0.39 is 70.4 Å². The number of anilines is 2. The lowest BCUT2D eigenvalue weighted by atomic mass is 10.1. The fourth-order valence-electron chi connectivity index (χ4n) is 8.36. The predicted octanol–water partition coefficient (Wildman–Crippen LogP) is 9.50. The molecule has 0 unspecified atom stereocenters. The second kappa shape index (κ2) is 23.4. The second-order valence-corrected chi connectivity index (χ2v) is 17.3. The molecule has 1 fully saturated rings. The molecule has 1 heterocycles. The molecule has 2 amide bonds. The van der Waals surface area contributed by atoms with E-state index >= 15 is 0 Å². The number of benzene rings is 6. The lowest BCUT2D eigenvalue weighted by Gasteiger charge is -2.19. The van der Waals surface area contributed by atoms with Crippen LogP contribution in [0.25, 0.3) is 21.5 Å². The van der Waals surface area contributed by atoms with Gasteiger partial charge in [0.05, 0.1) is 67.8 Å². The summed E-state index contributed by atoms with van der Waals surface area (Å²) in [7, 11) is 0. The molecular weight excluding hydrogens is 1000 g/mol. The fourth-order valence-corrected chi connectivity index (χ4v) is 8.36. The fraction of sp³-hybridized carbons (Fsp3) is 0.314. The number of carbonyl (C=O) groups excluding carboxylic acids is 1. The molecule has 0 saturated carbocycles. The number of carbonyl (C=O) groups is 1. The maximum Gasteiger partial charge on any atom is 0.441 e. The van der Waals surface area contributed by atoms with Crippen LogP contribution in [0.3, 0.4) is 0 Å². The Morgan fingerprint density at radius 1 is 0.568 bits per heavy atom. The predicted molar refractivity (Wildman–Crippen MR) is 250 cm³/mol. The van der Waals surface area contributed by atoms with Crippen LogP contribution in [0, 0.1) is 0 Å². The molecule has 1 saturated heterocycles. The number of fused-ring (bicyclic) bond motifs is 2. The molecule has 6 aromatic carbocycles. The Hall–Kier alpha value is -7.11. The molecule has 0 aliphatic carbocycles. The first-order valence-corrected chi connectivity index (χ1v) is 22.9. The lowest BCUT2D eigenvalue weighted by Crippen LogP contribution is -2.94. The Morgan fingerprint density at radius 3 is 1.45 bits per heavy atom. The summed E-state index contributed by atoms with van der Waals surface area (Å²) < 4.78 is 176. The molecule has 0 spiro atoms. The van der Waals surface area contributed by atoms with Crippen molar-refractivity contribution in [3.05, 3.63) is 155 Å². The minimum Gasteiger partial charge on any atom is -0.846 e. The molecular formula is C51H48F12N7O4+. The van der Waals surface area contributed by atoms with Crippen molar-refractivity contribution in [2.45, 2.75) is 62.8 Å². The number of hydrogen-bond acceptors (Lipinski definition) is 5. The first kappa shape index (κ1) is 54.7. The van der Waals surface area contributed by atoms with Gasteiger partial charge in [0, 0.05) is 11.4 Å². The van der Waals surface area contributed by atoms with Crippen LogP contribution >= 0.6 is 0 Å². The average Bonchev–Trinajstić information content (AvgIpc) is 3.73. The molecule has 7 rings (SSSR count). The van der Waals surface area contributed by atoms with Crippen LogP contribution in [0.4, 0.5) is 68.9 Å². The zero-order chi connectivity index (χ0) is 53.3. The van der Waals surface area contributed by atoms with E-state index in [0.717, 1.165) is 32.7 Å². The molecule has 6 aromatic rings. The smallest absolute Gasteiger partial charge is 0.441 e. The first-order valence-electron chi connectivity index (χ1n) is 22.9. The van der Waals surface area contributed by atoms with Crippen LogP contribution in [0.15, 0.2) is 126 Å². The van der Waals surface area contributed by atoms with Gasteiger partial charge in [-0.2, -0.15) is 52.7 Å². The summed E-state index contributed by atoms with van der Waals surface area (Å²) in [4.78, 5) is 16.6. The normalized spacial score (nSPS) is 15.7. The first-order chi connectivity index (χ1) is 35.0. The number of nitrogens with two attached hydrogens (primary N) is 1. The van der Waals surface area contributed by atoms with Crippen molar-refractivity contribution in [2.24, 2.45) is 4.99 Å². The quantitative estimate of drug-likeness (QED) is 0.0215. The highest BCUT2D eigenvalue weighted by atomic mass is 19.4. The van der Waals surface area contributed by atoms with E-state index in [1.54, 1.807) is 5.32 Å². The zero-order valence-electron chi connectivity index (χ0n) is 38.9. The number of nitrogens with zero attached hydrogens (tertiary/aromatic N) is 2. The highest BCUT2D eigenvalue weighted by molar-refractivity contribution is 5.89. The van der Waals surface area contributed by atoms with Crippen molar-refractivity contribution >= 4 is 50.9 Å². The zero-order valence-corrected chi connectivity index (χ0v) is 38.9. The monoisotopic (exact) mass is 1050 g/mol. The molecule has 6 N–H and O–H groups in total. The number of quaternary nitrogens is 1. The van der Waals surface area contributed by atoms with Crippen LogP contribution in [-0.2, 0) is 47.4 Å². The number of guanidine groups is 1. The standard InChI is InChI=1S/C51H47F12N7O4/c52-48(53,54)37-21-38(49(55,56)57)24-41(23-37)68-46(71)66-17-15-64-45(65-16-18-67-47(72)69-42-25-39(50(58,59)60)22-40(26-42)51(61,62)63)70-43(29-73-27-31-9-11-33-5-1-3-7-35(33)19-31)13-14-44(70)30-74-28-32-10-12-34-6-2-4-8-36(34)20-32/h1-12,19-26,43-44H,13-18,27-30H2,(H5,64,65,66,67,68,69,71,72)/p+1/t43-,44-/m0/s1. The molecule has 11 nitrogen and oxygen atoms in total. The van der Waals surface area contributed by atoms with Crippen LogP contribution in [-0.4, -0.2) is 74.1 Å². The average molecular weight is 1050 g/mol. The number of alkyl halides is 12. The van der Waals surface area contributed by atoms with Gasteiger partial charge in [-0.1, -0.05) is 72.8 Å². The third-order valence-corrected chi connectivity index (χ3v) is 11.8. The van der Waals surface area contributed by atoms with Gasteiger partial charge in [0.25, 0.3) is 0 Å². The molecule has 394 valence electrons. The summed E-state index contributed by atoms with van der Waals surface area (Å²) in [5.41, 5.74) is -6.30. The van der Waals surface area contributed by atoms with Crippen molar-refractivity contribution in [1.82, 2.24) is 10.6 Å². The third-order valence-electron chi connectivity index (χ3n) is 11.8. The minimum atomic E-state index is -5.17. The van der Waals surface area contributed by atoms with Gasteiger partial charge in [-0.05, 0) is 94.0 Å². The summed E-state index contributed by atoms with van der Waals surface area (Å²) in [6.07, 6.45) is -19.5. The molecule has 1 aliphatic heterocycles. The summed E-state index contributed by atoms with van der Waals surface area (Å²) in [6, 6.07) is 25.7. The number of ether oxygens (including phenoxy) is 2. The largest absolute Gasteiger partial charge is 0.846 e. The lowest BCUT2D eigenvalue weighted by molar-refractivity contribution is -0.666. The second-order valence-electron chi connectivity index (χ2n) is 17.3. The number of nitrogens with one attached hydrogen (secondary N) is 4. The van der Waals surface area contributed by atoms with Gasteiger partial charge >= 0.3 is 36.7 Å². The van der Waals surface area contributed by atoms with Crippen LogP contribution in [0.2, 0.25) is 0 Å². The number of aliphatic imine (C=N–C) groups is 1. The van der Waals surface area contributed by atoms with Crippen LogP contribution < -0.4 is 31.7 Å². The molecule has 23 heteroatoms. The number of hydrogen-bond donors (Lipinski definition) is 5. The number of halogens is 12. The molecule has 74 heavy (non-hydrogen) atoms. The number of rotatable bonds is 16. The van der Waals surface area contributed by atoms with Crippen molar-refractivity contribution in [2.75, 3.05) is 50.0 Å². The van der Waals surface area contributed by atoms with Gasteiger partial charge in [0.2, 0.25) is 0 Å². The maximum absolute atomic E-state index is 13.5. The Labute approximate surface area is 415 Å². The summed E-state index contributed by atoms with van der Waals surface area (Å²) >= 11 is 0. The Morgan fingerprint density at radius 2 is 1.00 bits per heavy atom. The van der Waals surface area contributed by atoms with Crippen molar-refractivity contribution in [1.29, 1.82) is 0 Å². The number of urea groups is 1. The number of amides is 2. The topological polar surface area (TPSA) is 139 Å². The molecule has 0 aromatic heterocycles. The number of amidine groups is 1. The van der Waals surface area contributed by atoms with Gasteiger partial charge in [-0.3, -0.25) is 4.99 Å². The molecule has 1 aliphatic rings. The molecule has 0 bridgehead atoms. The highest BCUT2D eigenvalue weighted by Gasteiger charge is 2.40. The van der Waals surface area contributed by atoms with Gasteiger partial charge in [0.15, 0.2) is 0 Å². The Bertz CT molecular complexity index is 2820.